The molecule has 0 radical (unpaired) electrons. The molecule has 25 heavy (non-hydrogen) atoms. The largest absolute Gasteiger partial charge is 0.454 e. The lowest BCUT2D eigenvalue weighted by Crippen LogP contribution is -2.08. The highest BCUT2D eigenvalue weighted by Crippen LogP contribution is 2.66. The van der Waals surface area contributed by atoms with Gasteiger partial charge in [-0.3, -0.25) is 4.79 Å². The fourth-order valence-corrected chi connectivity index (χ4v) is 3.70. The number of fused-ring (bicyclic) bond motifs is 1. The number of carbonyl (C=O) groups excluding carboxylic acids is 1. The Kier molecular flexibility index (Phi) is 3.42. The normalized spacial score (nSPS) is 21.9. The molecule has 122 valence electrons. The third-order valence-electron chi connectivity index (χ3n) is 4.74. The predicted octanol–water partition coefficient (Wildman–Crippen LogP) is 3.70. The van der Waals surface area contributed by atoms with Gasteiger partial charge in [-0.25, -0.2) is 0 Å². The third kappa shape index (κ3) is 2.17. The standard InChI is InChI=1S/C19H11ClN2O3/c20-13-7-15-14(24-10-25-15)6-12(13)16-17(19(16,8-21)9-22)18(23)11-4-2-1-3-5-11/h1-7,16-17H,10H2/t16-,17-/m1/s1. The maximum absolute atomic E-state index is 12.9. The van der Waals surface area contributed by atoms with E-state index < -0.39 is 17.3 Å². The summed E-state index contributed by atoms with van der Waals surface area (Å²) in [6, 6.07) is 16.0. The lowest BCUT2D eigenvalue weighted by Gasteiger charge is -2.06. The van der Waals surface area contributed by atoms with Gasteiger partial charge in [0.15, 0.2) is 22.7 Å². The summed E-state index contributed by atoms with van der Waals surface area (Å²) in [7, 11) is 0. The molecule has 1 heterocycles. The predicted molar refractivity (Wildman–Crippen MR) is 88.2 cm³/mol. The second kappa shape index (κ2) is 5.51. The van der Waals surface area contributed by atoms with Crippen molar-refractivity contribution in [3.05, 3.63) is 58.6 Å². The van der Waals surface area contributed by atoms with Crippen molar-refractivity contribution >= 4 is 17.4 Å². The van der Waals surface area contributed by atoms with Crippen LogP contribution in [0.2, 0.25) is 5.02 Å². The van der Waals surface area contributed by atoms with E-state index in [9.17, 15) is 15.3 Å². The average molecular weight is 351 g/mol. The minimum absolute atomic E-state index is 0.0911. The second-order valence-corrected chi connectivity index (χ2v) is 6.41. The van der Waals surface area contributed by atoms with Gasteiger partial charge in [-0.05, 0) is 11.6 Å². The van der Waals surface area contributed by atoms with E-state index in [0.29, 0.717) is 27.6 Å². The Morgan fingerprint density at radius 2 is 1.76 bits per heavy atom. The van der Waals surface area contributed by atoms with Crippen molar-refractivity contribution in [2.75, 3.05) is 6.79 Å². The van der Waals surface area contributed by atoms with Crippen LogP contribution < -0.4 is 9.47 Å². The van der Waals surface area contributed by atoms with Gasteiger partial charge >= 0.3 is 0 Å². The Balaban J connectivity index is 1.78. The third-order valence-corrected chi connectivity index (χ3v) is 5.07. The Hall–Kier alpha value is -3.02. The van der Waals surface area contributed by atoms with Gasteiger partial charge in [0, 0.05) is 22.6 Å². The van der Waals surface area contributed by atoms with E-state index in [1.165, 1.54) is 0 Å². The zero-order valence-corrected chi connectivity index (χ0v) is 13.7. The number of hydrogen-bond acceptors (Lipinski definition) is 5. The number of Topliss-reactive ketones (excluding diaryl/α,β-unsaturated/α-hetero) is 1. The number of nitrogens with zero attached hydrogens (tertiary/aromatic N) is 2. The van der Waals surface area contributed by atoms with Gasteiger partial charge in [-0.1, -0.05) is 41.9 Å². The molecular formula is C19H11ClN2O3. The van der Waals surface area contributed by atoms with Crippen LogP contribution in [0, 0.1) is 34.0 Å². The quantitative estimate of drug-likeness (QED) is 0.788. The SMILES string of the molecule is N#CC1(C#N)[C@H](c2cc3c(cc2Cl)OCO3)[C@@H]1C(=O)c1ccccc1. The molecule has 1 aliphatic heterocycles. The molecule has 1 aliphatic carbocycles. The van der Waals surface area contributed by atoms with Crippen LogP contribution in [-0.2, 0) is 0 Å². The molecule has 5 nitrogen and oxygen atoms in total. The van der Waals surface area contributed by atoms with E-state index in [2.05, 4.69) is 0 Å². The number of nitriles is 2. The maximum Gasteiger partial charge on any atom is 0.231 e. The Morgan fingerprint density at radius 3 is 2.40 bits per heavy atom. The Labute approximate surface area is 149 Å². The van der Waals surface area contributed by atoms with Crippen LogP contribution in [0.1, 0.15) is 21.8 Å². The smallest absolute Gasteiger partial charge is 0.231 e. The monoisotopic (exact) mass is 350 g/mol. The number of hydrogen-bond donors (Lipinski definition) is 0. The number of halogens is 1. The molecule has 0 spiro atoms. The zero-order valence-electron chi connectivity index (χ0n) is 12.9. The summed E-state index contributed by atoms with van der Waals surface area (Å²) in [5, 5.41) is 19.6. The number of rotatable bonds is 3. The van der Waals surface area contributed by atoms with Crippen molar-refractivity contribution in [2.24, 2.45) is 11.3 Å². The van der Waals surface area contributed by atoms with Crippen molar-refractivity contribution in [3.8, 4) is 23.6 Å². The van der Waals surface area contributed by atoms with Crippen molar-refractivity contribution < 1.29 is 14.3 Å². The second-order valence-electron chi connectivity index (χ2n) is 6.01. The summed E-state index contributed by atoms with van der Waals surface area (Å²) >= 11 is 6.33. The van der Waals surface area contributed by atoms with Gasteiger partial charge in [0.25, 0.3) is 0 Å². The molecule has 2 aliphatic rings. The molecule has 2 aromatic carbocycles. The minimum Gasteiger partial charge on any atom is -0.454 e. The van der Waals surface area contributed by atoms with E-state index in [1.807, 2.05) is 12.1 Å². The van der Waals surface area contributed by atoms with Gasteiger partial charge in [0.2, 0.25) is 6.79 Å². The van der Waals surface area contributed by atoms with Gasteiger partial charge in [0.05, 0.1) is 18.1 Å². The first-order valence-electron chi connectivity index (χ1n) is 7.63. The molecular weight excluding hydrogens is 340 g/mol. The highest BCUT2D eigenvalue weighted by atomic mass is 35.5. The van der Waals surface area contributed by atoms with Gasteiger partial charge in [-0.15, -0.1) is 0 Å². The van der Waals surface area contributed by atoms with Crippen molar-refractivity contribution in [1.29, 1.82) is 10.5 Å². The maximum atomic E-state index is 12.9. The van der Waals surface area contributed by atoms with Crippen LogP contribution in [0.4, 0.5) is 0 Å². The van der Waals surface area contributed by atoms with Crippen molar-refractivity contribution in [3.63, 3.8) is 0 Å². The summed E-state index contributed by atoms with van der Waals surface area (Å²) < 4.78 is 10.6. The minimum atomic E-state index is -1.43. The van der Waals surface area contributed by atoms with Crippen LogP contribution in [0.5, 0.6) is 11.5 Å². The number of benzene rings is 2. The molecule has 1 saturated carbocycles. The molecule has 2 aromatic rings. The Morgan fingerprint density at radius 1 is 1.12 bits per heavy atom. The van der Waals surface area contributed by atoms with Crippen LogP contribution in [0.15, 0.2) is 42.5 Å². The van der Waals surface area contributed by atoms with Crippen LogP contribution in [0.3, 0.4) is 0 Å². The highest BCUT2D eigenvalue weighted by Gasteiger charge is 2.71. The highest BCUT2D eigenvalue weighted by molar-refractivity contribution is 6.31. The molecule has 4 rings (SSSR count). The first kappa shape index (κ1) is 15.5. The molecule has 2 atom stereocenters. The molecule has 0 unspecified atom stereocenters. The molecule has 0 amide bonds. The first-order chi connectivity index (χ1) is 12.1. The average Bonchev–Trinajstić information content (AvgIpc) is 3.10. The summed E-state index contributed by atoms with van der Waals surface area (Å²) in [4.78, 5) is 12.9. The fourth-order valence-electron chi connectivity index (χ4n) is 3.43. The molecule has 0 bridgehead atoms. The molecule has 1 fully saturated rings. The fraction of sp³-hybridized carbons (Fsp3) is 0.211. The van der Waals surface area contributed by atoms with E-state index in [1.54, 1.807) is 42.5 Å². The summed E-state index contributed by atoms with van der Waals surface area (Å²) in [6.45, 7) is 0.0911. The molecule has 6 heteroatoms. The van der Waals surface area contributed by atoms with Gasteiger partial charge in [-0.2, -0.15) is 10.5 Å². The lowest BCUT2D eigenvalue weighted by atomic mass is 10.0. The van der Waals surface area contributed by atoms with E-state index in [0.717, 1.165) is 0 Å². The molecule has 0 N–H and O–H groups in total. The molecule has 0 saturated heterocycles. The lowest BCUT2D eigenvalue weighted by molar-refractivity contribution is 0.0958. The molecule has 0 aromatic heterocycles. The number of ether oxygens (including phenoxy) is 2. The Bertz CT molecular complexity index is 945. The van der Waals surface area contributed by atoms with Crippen molar-refractivity contribution in [1.82, 2.24) is 0 Å². The van der Waals surface area contributed by atoms with E-state index in [4.69, 9.17) is 21.1 Å². The summed E-state index contributed by atoms with van der Waals surface area (Å²) in [6.07, 6.45) is 0. The first-order valence-corrected chi connectivity index (χ1v) is 8.01. The zero-order chi connectivity index (χ0) is 17.6. The summed E-state index contributed by atoms with van der Waals surface area (Å²) in [5.41, 5.74) is -0.394. The van der Waals surface area contributed by atoms with E-state index >= 15 is 0 Å². The number of ketones is 1. The van der Waals surface area contributed by atoms with E-state index in [-0.39, 0.29) is 12.6 Å². The van der Waals surface area contributed by atoms with Crippen LogP contribution in [-0.4, -0.2) is 12.6 Å². The number of carbonyl (C=O) groups is 1. The van der Waals surface area contributed by atoms with Crippen molar-refractivity contribution in [2.45, 2.75) is 5.92 Å². The van der Waals surface area contributed by atoms with Gasteiger partial charge in [0.1, 0.15) is 0 Å². The van der Waals surface area contributed by atoms with Gasteiger partial charge < -0.3 is 9.47 Å². The summed E-state index contributed by atoms with van der Waals surface area (Å²) in [5.74, 6) is -0.579. The van der Waals surface area contributed by atoms with Crippen LogP contribution in [0.25, 0.3) is 0 Å². The topological polar surface area (TPSA) is 83.1 Å². The van der Waals surface area contributed by atoms with Crippen LogP contribution >= 0.6 is 11.6 Å².